The molecular weight excluding hydrogens is 396 g/mol. The summed E-state index contributed by atoms with van der Waals surface area (Å²) in [4.78, 5) is 30.1. The number of carbonyl (C=O) groups excluding carboxylic acids is 2. The Bertz CT molecular complexity index is 998. The van der Waals surface area contributed by atoms with E-state index < -0.39 is 5.54 Å². The Morgan fingerprint density at radius 3 is 2.33 bits per heavy atom. The molecule has 0 spiro atoms. The molecular formula is C23H24N4O2S. The van der Waals surface area contributed by atoms with Crippen molar-refractivity contribution in [3.8, 4) is 11.3 Å². The molecule has 30 heavy (non-hydrogen) atoms. The summed E-state index contributed by atoms with van der Waals surface area (Å²) in [6.45, 7) is 0.414. The first-order valence-corrected chi connectivity index (χ1v) is 10.9. The van der Waals surface area contributed by atoms with E-state index in [1.54, 1.807) is 0 Å². The molecule has 6 nitrogen and oxygen atoms in total. The summed E-state index contributed by atoms with van der Waals surface area (Å²) < 4.78 is 0. The van der Waals surface area contributed by atoms with Crippen LogP contribution in [0.5, 0.6) is 0 Å². The van der Waals surface area contributed by atoms with Gasteiger partial charge in [0, 0.05) is 17.5 Å². The number of amides is 3. The van der Waals surface area contributed by atoms with Crippen LogP contribution in [0.4, 0.5) is 9.93 Å². The van der Waals surface area contributed by atoms with Gasteiger partial charge in [0.15, 0.2) is 5.13 Å². The Morgan fingerprint density at radius 2 is 1.63 bits per heavy atom. The molecule has 1 aliphatic carbocycles. The van der Waals surface area contributed by atoms with Crippen molar-refractivity contribution in [3.05, 3.63) is 71.6 Å². The van der Waals surface area contributed by atoms with E-state index in [4.69, 9.17) is 0 Å². The first-order chi connectivity index (χ1) is 14.6. The fourth-order valence-corrected chi connectivity index (χ4v) is 4.43. The molecule has 1 aliphatic rings. The van der Waals surface area contributed by atoms with Gasteiger partial charge in [-0.05, 0) is 18.4 Å². The van der Waals surface area contributed by atoms with Crippen molar-refractivity contribution in [1.82, 2.24) is 15.6 Å². The highest BCUT2D eigenvalue weighted by Gasteiger charge is 2.42. The van der Waals surface area contributed by atoms with Gasteiger partial charge in [-0.1, -0.05) is 73.5 Å². The van der Waals surface area contributed by atoms with Gasteiger partial charge in [-0.3, -0.25) is 10.1 Å². The van der Waals surface area contributed by atoms with E-state index in [0.717, 1.165) is 29.7 Å². The van der Waals surface area contributed by atoms with Gasteiger partial charge in [-0.25, -0.2) is 9.78 Å². The molecule has 1 heterocycles. The molecule has 154 valence electrons. The third-order valence-corrected chi connectivity index (χ3v) is 6.09. The third-order valence-electron chi connectivity index (χ3n) is 5.33. The van der Waals surface area contributed by atoms with Gasteiger partial charge in [-0.2, -0.15) is 0 Å². The zero-order valence-electron chi connectivity index (χ0n) is 16.6. The Labute approximate surface area is 179 Å². The number of urea groups is 1. The van der Waals surface area contributed by atoms with Gasteiger partial charge in [-0.15, -0.1) is 11.3 Å². The van der Waals surface area contributed by atoms with E-state index in [1.165, 1.54) is 11.3 Å². The fraction of sp³-hybridized carbons (Fsp3) is 0.261. The van der Waals surface area contributed by atoms with E-state index in [-0.39, 0.29) is 11.9 Å². The molecule has 0 unspecified atom stereocenters. The van der Waals surface area contributed by atoms with Crippen LogP contribution in [0.1, 0.15) is 31.2 Å². The number of nitrogens with one attached hydrogen (secondary N) is 3. The molecule has 1 fully saturated rings. The highest BCUT2D eigenvalue weighted by atomic mass is 32.1. The number of rotatable bonds is 6. The van der Waals surface area contributed by atoms with Gasteiger partial charge < -0.3 is 10.6 Å². The molecule has 0 aliphatic heterocycles. The average Bonchev–Trinajstić information content (AvgIpc) is 3.44. The number of hydrogen-bond acceptors (Lipinski definition) is 4. The smallest absolute Gasteiger partial charge is 0.315 e. The summed E-state index contributed by atoms with van der Waals surface area (Å²) in [7, 11) is 0. The van der Waals surface area contributed by atoms with Gasteiger partial charge in [0.1, 0.15) is 5.54 Å². The van der Waals surface area contributed by atoms with Gasteiger partial charge in [0.05, 0.1) is 5.69 Å². The fourth-order valence-electron chi connectivity index (χ4n) is 3.72. The predicted molar refractivity (Wildman–Crippen MR) is 119 cm³/mol. The normalized spacial score (nSPS) is 14.8. The van der Waals surface area contributed by atoms with E-state index >= 15 is 0 Å². The minimum Gasteiger partial charge on any atom is -0.334 e. The number of nitrogens with zero attached hydrogens (tertiary/aromatic N) is 1. The zero-order chi connectivity index (χ0) is 20.8. The quantitative estimate of drug-likeness (QED) is 0.547. The minimum atomic E-state index is -0.903. The Morgan fingerprint density at radius 1 is 0.967 bits per heavy atom. The summed E-state index contributed by atoms with van der Waals surface area (Å²) in [6.07, 6.45) is 3.04. The van der Waals surface area contributed by atoms with Crippen LogP contribution in [0.25, 0.3) is 11.3 Å². The molecule has 1 saturated carbocycles. The van der Waals surface area contributed by atoms with Crippen LogP contribution in [-0.2, 0) is 11.3 Å². The summed E-state index contributed by atoms with van der Waals surface area (Å²) >= 11 is 1.39. The summed E-state index contributed by atoms with van der Waals surface area (Å²) in [5.41, 5.74) is 1.93. The van der Waals surface area contributed by atoms with E-state index in [2.05, 4.69) is 20.9 Å². The second kappa shape index (κ2) is 9.09. The van der Waals surface area contributed by atoms with Crippen molar-refractivity contribution in [1.29, 1.82) is 0 Å². The van der Waals surface area contributed by atoms with E-state index in [0.29, 0.717) is 24.5 Å². The zero-order valence-corrected chi connectivity index (χ0v) is 17.4. The van der Waals surface area contributed by atoms with E-state index in [1.807, 2.05) is 66.0 Å². The number of carbonyl (C=O) groups is 2. The standard InChI is InChI=1S/C23H24N4O2S/c28-20(26-22-25-19(16-30-22)18-11-5-2-6-12-18)23(13-7-8-14-23)27-21(29)24-15-17-9-3-1-4-10-17/h1-6,9-12,16H,7-8,13-15H2,(H2,24,27,29)(H,25,26,28). The number of benzene rings is 2. The lowest BCUT2D eigenvalue weighted by atomic mass is 9.96. The maximum Gasteiger partial charge on any atom is 0.315 e. The third kappa shape index (κ3) is 4.68. The molecule has 3 amide bonds. The summed E-state index contributed by atoms with van der Waals surface area (Å²) in [6, 6.07) is 19.2. The topological polar surface area (TPSA) is 83.1 Å². The van der Waals surface area contributed by atoms with Crippen LogP contribution >= 0.6 is 11.3 Å². The Kier molecular flexibility index (Phi) is 6.09. The lowest BCUT2D eigenvalue weighted by Gasteiger charge is -2.28. The predicted octanol–water partition coefficient (Wildman–Crippen LogP) is 4.56. The SMILES string of the molecule is O=C(NCc1ccccc1)NC1(C(=O)Nc2nc(-c3ccccc3)cs2)CCCC1. The first-order valence-electron chi connectivity index (χ1n) is 10.1. The molecule has 3 N–H and O–H groups in total. The maximum absolute atomic E-state index is 13.1. The lowest BCUT2D eigenvalue weighted by Crippen LogP contribution is -2.57. The number of thiazole rings is 1. The maximum atomic E-state index is 13.1. The second-order valence-electron chi connectivity index (χ2n) is 7.44. The average molecular weight is 421 g/mol. The van der Waals surface area contributed by atoms with Crippen molar-refractivity contribution in [2.75, 3.05) is 5.32 Å². The Balaban J connectivity index is 1.40. The van der Waals surface area contributed by atoms with Crippen LogP contribution in [0, 0.1) is 0 Å². The number of anilines is 1. The number of hydrogen-bond donors (Lipinski definition) is 3. The van der Waals surface area contributed by atoms with Crippen LogP contribution in [0.3, 0.4) is 0 Å². The lowest BCUT2D eigenvalue weighted by molar-refractivity contribution is -0.121. The summed E-state index contributed by atoms with van der Waals surface area (Å²) in [5, 5.41) is 11.2. The highest BCUT2D eigenvalue weighted by molar-refractivity contribution is 7.14. The molecule has 4 rings (SSSR count). The second-order valence-corrected chi connectivity index (χ2v) is 8.30. The van der Waals surface area contributed by atoms with Crippen LogP contribution in [-0.4, -0.2) is 22.5 Å². The van der Waals surface area contributed by atoms with Crippen LogP contribution in [0.2, 0.25) is 0 Å². The summed E-state index contributed by atoms with van der Waals surface area (Å²) in [5.74, 6) is -0.205. The number of aromatic nitrogens is 1. The van der Waals surface area contributed by atoms with Crippen molar-refractivity contribution in [2.24, 2.45) is 0 Å². The van der Waals surface area contributed by atoms with Crippen molar-refractivity contribution >= 4 is 28.4 Å². The van der Waals surface area contributed by atoms with Crippen LogP contribution in [0.15, 0.2) is 66.0 Å². The molecule has 0 radical (unpaired) electrons. The molecule has 0 atom stereocenters. The van der Waals surface area contributed by atoms with E-state index in [9.17, 15) is 9.59 Å². The van der Waals surface area contributed by atoms with Gasteiger partial charge in [0.25, 0.3) is 5.91 Å². The minimum absolute atomic E-state index is 0.205. The van der Waals surface area contributed by atoms with Crippen molar-refractivity contribution in [2.45, 2.75) is 37.8 Å². The highest BCUT2D eigenvalue weighted by Crippen LogP contribution is 2.32. The molecule has 7 heteroatoms. The first kappa shape index (κ1) is 20.1. The van der Waals surface area contributed by atoms with Crippen LogP contribution < -0.4 is 16.0 Å². The van der Waals surface area contributed by atoms with Crippen molar-refractivity contribution < 1.29 is 9.59 Å². The Hall–Kier alpha value is -3.19. The van der Waals surface area contributed by atoms with Crippen molar-refractivity contribution in [3.63, 3.8) is 0 Å². The van der Waals surface area contributed by atoms with Gasteiger partial charge >= 0.3 is 6.03 Å². The molecule has 1 aromatic heterocycles. The monoisotopic (exact) mass is 420 g/mol. The molecule has 0 bridgehead atoms. The molecule has 0 saturated heterocycles. The largest absolute Gasteiger partial charge is 0.334 e. The van der Waals surface area contributed by atoms with Gasteiger partial charge in [0.2, 0.25) is 0 Å². The molecule has 3 aromatic rings. The molecule has 2 aromatic carbocycles.